The average Bonchev–Trinajstić information content (AvgIpc) is 2.38. The number of aliphatic imine (C=N–C) groups is 1. The molecule has 2 N–H and O–H groups in total. The lowest BCUT2D eigenvalue weighted by molar-refractivity contribution is 1.24. The van der Waals surface area contributed by atoms with Crippen LogP contribution < -0.4 is 10.7 Å². The van der Waals surface area contributed by atoms with E-state index in [-0.39, 0.29) is 5.43 Å². The fraction of sp³-hybridized carbons (Fsp3) is 0.154. The zero-order chi connectivity index (χ0) is 13.8. The number of aryl methyl sites for hydroxylation is 1. The minimum absolute atomic E-state index is 0.0396. The van der Waals surface area contributed by atoms with Crippen LogP contribution in [-0.4, -0.2) is 16.4 Å². The summed E-state index contributed by atoms with van der Waals surface area (Å²) in [6, 6.07) is 6.88. The zero-order valence-electron chi connectivity index (χ0n) is 10.5. The number of nitrogens with zero attached hydrogens (tertiary/aromatic N) is 2. The molecule has 0 saturated heterocycles. The van der Waals surface area contributed by atoms with Gasteiger partial charge in [0.15, 0.2) is 16.8 Å². The lowest BCUT2D eigenvalue weighted by atomic mass is 10.2. The third-order valence-corrected chi connectivity index (χ3v) is 3.11. The van der Waals surface area contributed by atoms with Gasteiger partial charge >= 0.3 is 0 Å². The van der Waals surface area contributed by atoms with Gasteiger partial charge in [0, 0.05) is 22.7 Å². The van der Waals surface area contributed by atoms with E-state index in [1.807, 2.05) is 25.4 Å². The Morgan fingerprint density at radius 1 is 1.47 bits per heavy atom. The SMILES string of the molecule is CSC(=Nc1ccc2[nH]c(C)cc(=O)c2c1)NC#N. The van der Waals surface area contributed by atoms with E-state index in [0.717, 1.165) is 11.2 Å². The van der Waals surface area contributed by atoms with Crippen LogP contribution >= 0.6 is 11.8 Å². The minimum Gasteiger partial charge on any atom is -0.358 e. The van der Waals surface area contributed by atoms with Crippen molar-refractivity contribution in [3.8, 4) is 6.19 Å². The van der Waals surface area contributed by atoms with Crippen LogP contribution in [0.15, 0.2) is 34.1 Å². The molecule has 96 valence electrons. The molecule has 5 nitrogen and oxygen atoms in total. The molecule has 2 aromatic rings. The molecule has 0 spiro atoms. The molecule has 0 aliphatic carbocycles. The summed E-state index contributed by atoms with van der Waals surface area (Å²) in [6.45, 7) is 1.84. The number of amidine groups is 1. The third-order valence-electron chi connectivity index (χ3n) is 2.53. The Balaban J connectivity index is 2.54. The molecule has 0 radical (unpaired) electrons. The number of nitrogens with one attached hydrogen (secondary N) is 2. The van der Waals surface area contributed by atoms with Crippen molar-refractivity contribution < 1.29 is 0 Å². The lowest BCUT2D eigenvalue weighted by Gasteiger charge is -2.03. The lowest BCUT2D eigenvalue weighted by Crippen LogP contribution is -2.12. The van der Waals surface area contributed by atoms with E-state index >= 15 is 0 Å². The van der Waals surface area contributed by atoms with Gasteiger partial charge in [-0.25, -0.2) is 4.99 Å². The fourth-order valence-corrected chi connectivity index (χ4v) is 2.07. The van der Waals surface area contributed by atoms with Gasteiger partial charge in [-0.2, -0.15) is 5.26 Å². The molecular formula is C13H12N4OS. The normalized spacial score (nSPS) is 11.3. The van der Waals surface area contributed by atoms with Gasteiger partial charge in [0.05, 0.1) is 5.69 Å². The van der Waals surface area contributed by atoms with Crippen LogP contribution in [-0.2, 0) is 0 Å². The van der Waals surface area contributed by atoms with E-state index in [4.69, 9.17) is 5.26 Å². The first-order chi connectivity index (χ1) is 9.13. The first kappa shape index (κ1) is 13.2. The van der Waals surface area contributed by atoms with Crippen molar-refractivity contribution >= 4 is 33.5 Å². The highest BCUT2D eigenvalue weighted by molar-refractivity contribution is 8.13. The molecule has 0 unspecified atom stereocenters. The summed E-state index contributed by atoms with van der Waals surface area (Å²) in [5.74, 6) is 0. The number of benzene rings is 1. The van der Waals surface area contributed by atoms with Gasteiger partial charge in [0.25, 0.3) is 0 Å². The monoisotopic (exact) mass is 272 g/mol. The highest BCUT2D eigenvalue weighted by Crippen LogP contribution is 2.19. The van der Waals surface area contributed by atoms with E-state index in [1.165, 1.54) is 11.8 Å². The van der Waals surface area contributed by atoms with Crippen LogP contribution in [0, 0.1) is 18.4 Å². The molecule has 0 saturated carbocycles. The van der Waals surface area contributed by atoms with E-state index < -0.39 is 0 Å². The van der Waals surface area contributed by atoms with Crippen LogP contribution in [0.3, 0.4) is 0 Å². The summed E-state index contributed by atoms with van der Waals surface area (Å²) in [7, 11) is 0. The highest BCUT2D eigenvalue weighted by atomic mass is 32.2. The molecule has 2 rings (SSSR count). The number of aromatic amines is 1. The standard InChI is InChI=1S/C13H12N4OS/c1-8-5-12(18)10-6-9(3-4-11(10)16-8)17-13(19-2)15-7-14/h3-6H,1-2H3,(H,15,17)(H,16,18). The Morgan fingerprint density at radius 2 is 2.26 bits per heavy atom. The molecule has 1 aromatic heterocycles. The Bertz CT molecular complexity index is 742. The van der Waals surface area contributed by atoms with Crippen molar-refractivity contribution in [2.24, 2.45) is 4.99 Å². The Kier molecular flexibility index (Phi) is 3.88. The van der Waals surface area contributed by atoms with Crippen LogP contribution in [0.4, 0.5) is 5.69 Å². The van der Waals surface area contributed by atoms with Crippen molar-refractivity contribution in [3.63, 3.8) is 0 Å². The van der Waals surface area contributed by atoms with Gasteiger partial charge in [-0.15, -0.1) is 0 Å². The summed E-state index contributed by atoms with van der Waals surface area (Å²) >= 11 is 1.33. The average molecular weight is 272 g/mol. The number of pyridine rings is 1. The van der Waals surface area contributed by atoms with Crippen LogP contribution in [0.1, 0.15) is 5.69 Å². The smallest absolute Gasteiger partial charge is 0.189 e. The maximum atomic E-state index is 11.9. The molecule has 1 heterocycles. The second kappa shape index (κ2) is 5.59. The van der Waals surface area contributed by atoms with E-state index in [2.05, 4.69) is 15.3 Å². The predicted molar refractivity (Wildman–Crippen MR) is 78.7 cm³/mol. The zero-order valence-corrected chi connectivity index (χ0v) is 11.3. The van der Waals surface area contributed by atoms with E-state index in [9.17, 15) is 4.79 Å². The first-order valence-corrected chi connectivity index (χ1v) is 6.78. The fourth-order valence-electron chi connectivity index (χ4n) is 1.73. The van der Waals surface area contributed by atoms with Crippen LogP contribution in [0.2, 0.25) is 0 Å². The molecular weight excluding hydrogens is 260 g/mol. The molecule has 0 aliphatic rings. The second-order valence-electron chi connectivity index (χ2n) is 3.90. The van der Waals surface area contributed by atoms with Crippen molar-refractivity contribution in [2.75, 3.05) is 6.26 Å². The van der Waals surface area contributed by atoms with E-state index in [1.54, 1.807) is 18.2 Å². The highest BCUT2D eigenvalue weighted by Gasteiger charge is 2.02. The summed E-state index contributed by atoms with van der Waals surface area (Å²) in [4.78, 5) is 19.3. The topological polar surface area (TPSA) is 81.0 Å². The Hall–Kier alpha value is -2.26. The minimum atomic E-state index is -0.0396. The van der Waals surface area contributed by atoms with E-state index in [0.29, 0.717) is 16.2 Å². The van der Waals surface area contributed by atoms with Crippen molar-refractivity contribution in [1.29, 1.82) is 5.26 Å². The number of fused-ring (bicyclic) bond motifs is 1. The van der Waals surface area contributed by atoms with Crippen molar-refractivity contribution in [2.45, 2.75) is 6.92 Å². The summed E-state index contributed by atoms with van der Waals surface area (Å²) < 4.78 is 0. The first-order valence-electron chi connectivity index (χ1n) is 5.55. The van der Waals surface area contributed by atoms with Gasteiger partial charge in [0.2, 0.25) is 0 Å². The molecule has 19 heavy (non-hydrogen) atoms. The third kappa shape index (κ3) is 2.95. The summed E-state index contributed by atoms with van der Waals surface area (Å²) in [5.41, 5.74) is 2.20. The molecule has 0 atom stereocenters. The molecule has 6 heteroatoms. The Morgan fingerprint density at radius 3 is 2.95 bits per heavy atom. The number of nitriles is 1. The second-order valence-corrected chi connectivity index (χ2v) is 4.70. The number of aromatic nitrogens is 1. The largest absolute Gasteiger partial charge is 0.358 e. The summed E-state index contributed by atoms with van der Waals surface area (Å²) in [5, 5.41) is 12.1. The maximum absolute atomic E-state index is 11.9. The number of hydrogen-bond donors (Lipinski definition) is 2. The van der Waals surface area contributed by atoms with Crippen LogP contribution in [0.25, 0.3) is 10.9 Å². The summed E-state index contributed by atoms with van der Waals surface area (Å²) in [6.07, 6.45) is 3.65. The number of hydrogen-bond acceptors (Lipinski definition) is 4. The van der Waals surface area contributed by atoms with Crippen molar-refractivity contribution in [1.82, 2.24) is 10.3 Å². The van der Waals surface area contributed by atoms with Gasteiger partial charge in [0.1, 0.15) is 0 Å². The quantitative estimate of drug-likeness (QED) is 0.361. The number of H-pyrrole nitrogens is 1. The predicted octanol–water partition coefficient (Wildman–Crippen LogP) is 2.26. The molecule has 0 fully saturated rings. The molecule has 0 aliphatic heterocycles. The molecule has 0 amide bonds. The number of thioether (sulfide) groups is 1. The van der Waals surface area contributed by atoms with Gasteiger partial charge in [-0.3, -0.25) is 10.1 Å². The van der Waals surface area contributed by atoms with Crippen molar-refractivity contribution in [3.05, 3.63) is 40.2 Å². The number of rotatable bonds is 1. The molecule has 1 aromatic carbocycles. The van der Waals surface area contributed by atoms with Gasteiger partial charge in [-0.05, 0) is 31.4 Å². The maximum Gasteiger partial charge on any atom is 0.189 e. The van der Waals surface area contributed by atoms with Crippen LogP contribution in [0.5, 0.6) is 0 Å². The molecule has 0 bridgehead atoms. The Labute approximate surface area is 114 Å². The van der Waals surface area contributed by atoms with Gasteiger partial charge < -0.3 is 4.98 Å². The van der Waals surface area contributed by atoms with Gasteiger partial charge in [-0.1, -0.05) is 11.8 Å².